The third-order valence-corrected chi connectivity index (χ3v) is 3.25. The average Bonchev–Trinajstić information content (AvgIpc) is 2.45. The molecule has 20 heavy (non-hydrogen) atoms. The number of hydrogen-bond acceptors (Lipinski definition) is 2. The van der Waals surface area contributed by atoms with Crippen molar-refractivity contribution in [3.63, 3.8) is 0 Å². The number of rotatable bonds is 6. The number of unbranched alkanes of at least 4 members (excludes halogenated alkanes) is 1. The van der Waals surface area contributed by atoms with Crippen molar-refractivity contribution in [2.75, 3.05) is 6.61 Å². The fraction of sp³-hybridized carbons (Fsp3) is 0.250. The normalized spacial score (nSPS) is 10.3. The van der Waals surface area contributed by atoms with Crippen LogP contribution in [0.1, 0.15) is 19.8 Å². The molecule has 0 fully saturated rings. The highest BCUT2D eigenvalue weighted by molar-refractivity contribution is 9.10. The third kappa shape index (κ3) is 4.17. The molecule has 0 aromatic heterocycles. The van der Waals surface area contributed by atoms with E-state index in [2.05, 4.69) is 22.9 Å². The Balaban J connectivity index is 2.09. The van der Waals surface area contributed by atoms with Crippen LogP contribution in [0.2, 0.25) is 0 Å². The summed E-state index contributed by atoms with van der Waals surface area (Å²) in [5, 5.41) is 11.8. The minimum Gasteiger partial charge on any atom is -0.493 e. The maximum atomic E-state index is 11.8. The molecule has 0 heterocycles. The van der Waals surface area contributed by atoms with Gasteiger partial charge in [-0.3, -0.25) is 5.11 Å². The van der Waals surface area contributed by atoms with E-state index in [0.29, 0.717) is 18.1 Å². The Labute approximate surface area is 127 Å². The van der Waals surface area contributed by atoms with E-state index in [9.17, 15) is 5.11 Å². The predicted molar refractivity (Wildman–Crippen MR) is 81.2 cm³/mol. The lowest BCUT2D eigenvalue weighted by molar-refractivity contribution is 0.301. The summed E-state index contributed by atoms with van der Waals surface area (Å²) in [6.07, 6.45) is 2.06. The summed E-state index contributed by atoms with van der Waals surface area (Å²) in [5.74, 6) is 1.40. The van der Waals surface area contributed by atoms with Crippen molar-refractivity contribution in [1.82, 2.24) is 0 Å². The molecule has 0 unspecified atom stereocenters. The molecule has 0 saturated carbocycles. The highest BCUT2D eigenvalue weighted by atomic mass is 79.9. The van der Waals surface area contributed by atoms with Gasteiger partial charge in [0.15, 0.2) is 5.75 Å². The minimum absolute atomic E-state index is 0.157. The molecule has 0 amide bonds. The first-order valence-corrected chi connectivity index (χ1v) is 7.35. The summed E-state index contributed by atoms with van der Waals surface area (Å²) in [7, 11) is 0. The van der Waals surface area contributed by atoms with Crippen LogP contribution < -0.4 is 9.47 Å². The molecule has 2 rings (SSSR count). The molecular weight excluding hydrogens is 320 g/mol. The van der Waals surface area contributed by atoms with Crippen LogP contribution in [0, 0.1) is 0 Å². The van der Waals surface area contributed by atoms with Crippen LogP contribution in [0.25, 0.3) is 0 Å². The van der Waals surface area contributed by atoms with Crippen LogP contribution >= 0.6 is 15.9 Å². The van der Waals surface area contributed by atoms with E-state index in [1.165, 1.54) is 6.07 Å². The van der Waals surface area contributed by atoms with Gasteiger partial charge in [-0.25, -0.2) is 0 Å². The van der Waals surface area contributed by atoms with Gasteiger partial charge in [0.2, 0.25) is 5.75 Å². The van der Waals surface area contributed by atoms with Gasteiger partial charge < -0.3 is 9.47 Å². The molecule has 0 atom stereocenters. The summed E-state index contributed by atoms with van der Waals surface area (Å²) >= 11 is 3.35. The summed E-state index contributed by atoms with van der Waals surface area (Å²) < 4.78 is 12.1. The Morgan fingerprint density at radius 2 is 1.75 bits per heavy atom. The highest BCUT2D eigenvalue weighted by Gasteiger charge is 2.08. The number of halogens is 1. The second kappa shape index (κ2) is 7.20. The van der Waals surface area contributed by atoms with Gasteiger partial charge in [0, 0.05) is 10.5 Å². The molecule has 3 nitrogen and oxygen atoms in total. The van der Waals surface area contributed by atoms with Crippen molar-refractivity contribution in [3.05, 3.63) is 46.9 Å². The Kier molecular flexibility index (Phi) is 5.30. The minimum atomic E-state index is -0.157. The standard InChI is InChI=1S/C16H16BrO3/c1-2-3-10-19-14-8-9-15(18)16(11-14)20-13-6-4-12(17)5-7-13/h4-9,11H,2-3,10H2,1H3. The van der Waals surface area contributed by atoms with Gasteiger partial charge in [0.25, 0.3) is 0 Å². The molecule has 1 radical (unpaired) electrons. The summed E-state index contributed by atoms with van der Waals surface area (Å²) in [4.78, 5) is 0. The van der Waals surface area contributed by atoms with Crippen LogP contribution in [-0.4, -0.2) is 6.61 Å². The largest absolute Gasteiger partial charge is 0.493 e. The van der Waals surface area contributed by atoms with E-state index in [0.717, 1.165) is 17.3 Å². The highest BCUT2D eigenvalue weighted by Crippen LogP contribution is 2.34. The Morgan fingerprint density at radius 3 is 2.45 bits per heavy atom. The molecule has 0 spiro atoms. The van der Waals surface area contributed by atoms with E-state index in [1.807, 2.05) is 12.1 Å². The lowest BCUT2D eigenvalue weighted by Crippen LogP contribution is -1.96. The maximum absolute atomic E-state index is 11.8. The molecule has 0 aliphatic rings. The van der Waals surface area contributed by atoms with Crippen LogP contribution in [-0.2, 0) is 5.11 Å². The zero-order valence-corrected chi connectivity index (χ0v) is 12.9. The number of ether oxygens (including phenoxy) is 2. The van der Waals surface area contributed by atoms with E-state index in [-0.39, 0.29) is 11.5 Å². The molecule has 2 aromatic carbocycles. The van der Waals surface area contributed by atoms with Crippen molar-refractivity contribution in [2.45, 2.75) is 19.8 Å². The van der Waals surface area contributed by atoms with Crippen LogP contribution in [0.4, 0.5) is 0 Å². The molecule has 0 bridgehead atoms. The zero-order valence-electron chi connectivity index (χ0n) is 11.3. The first kappa shape index (κ1) is 14.7. The smallest absolute Gasteiger partial charge is 0.221 e. The zero-order chi connectivity index (χ0) is 14.4. The van der Waals surface area contributed by atoms with Gasteiger partial charge >= 0.3 is 0 Å². The lowest BCUT2D eigenvalue weighted by atomic mass is 10.3. The predicted octanol–water partition coefficient (Wildman–Crippen LogP) is 5.56. The average molecular weight is 336 g/mol. The monoisotopic (exact) mass is 335 g/mol. The fourth-order valence-electron chi connectivity index (χ4n) is 1.62. The lowest BCUT2D eigenvalue weighted by Gasteiger charge is -2.09. The van der Waals surface area contributed by atoms with E-state index in [1.54, 1.807) is 24.3 Å². The first-order chi connectivity index (χ1) is 9.69. The second-order valence-corrected chi connectivity index (χ2v) is 5.28. The van der Waals surface area contributed by atoms with Crippen LogP contribution in [0.5, 0.6) is 23.0 Å². The number of benzene rings is 2. The molecular formula is C16H16BrO3. The molecule has 0 aliphatic carbocycles. The topological polar surface area (TPSA) is 38.4 Å². The molecule has 105 valence electrons. The van der Waals surface area contributed by atoms with E-state index >= 15 is 0 Å². The van der Waals surface area contributed by atoms with Crippen LogP contribution in [0.15, 0.2) is 46.9 Å². The summed E-state index contributed by atoms with van der Waals surface area (Å²) in [5.41, 5.74) is 0. The van der Waals surface area contributed by atoms with E-state index < -0.39 is 0 Å². The second-order valence-electron chi connectivity index (χ2n) is 4.37. The molecule has 4 heteroatoms. The fourth-order valence-corrected chi connectivity index (χ4v) is 1.89. The van der Waals surface area contributed by atoms with Gasteiger partial charge in [-0.05, 0) is 42.8 Å². The third-order valence-electron chi connectivity index (χ3n) is 2.72. The van der Waals surface area contributed by atoms with Gasteiger partial charge in [-0.2, -0.15) is 0 Å². The van der Waals surface area contributed by atoms with Gasteiger partial charge in [-0.1, -0.05) is 29.3 Å². The van der Waals surface area contributed by atoms with Crippen molar-refractivity contribution in [2.24, 2.45) is 0 Å². The summed E-state index contributed by atoms with van der Waals surface area (Å²) in [6, 6.07) is 12.1. The molecule has 2 aromatic rings. The van der Waals surface area contributed by atoms with Gasteiger partial charge in [-0.15, -0.1) is 0 Å². The Bertz CT molecular complexity index is 552. The maximum Gasteiger partial charge on any atom is 0.221 e. The Morgan fingerprint density at radius 1 is 1.05 bits per heavy atom. The quantitative estimate of drug-likeness (QED) is 0.647. The first-order valence-electron chi connectivity index (χ1n) is 6.56. The van der Waals surface area contributed by atoms with Crippen molar-refractivity contribution < 1.29 is 14.6 Å². The van der Waals surface area contributed by atoms with Gasteiger partial charge in [0.05, 0.1) is 6.61 Å². The van der Waals surface area contributed by atoms with Gasteiger partial charge in [0.1, 0.15) is 11.5 Å². The van der Waals surface area contributed by atoms with Crippen LogP contribution in [0.3, 0.4) is 0 Å². The SMILES string of the molecule is CCCCOc1ccc([O])c(Oc2ccc(Br)cc2)c1. The summed E-state index contributed by atoms with van der Waals surface area (Å²) in [6.45, 7) is 2.75. The number of hydrogen-bond donors (Lipinski definition) is 0. The van der Waals surface area contributed by atoms with Crippen molar-refractivity contribution >= 4 is 15.9 Å². The Hall–Kier alpha value is -1.68. The van der Waals surface area contributed by atoms with Crippen molar-refractivity contribution in [1.29, 1.82) is 0 Å². The molecule has 0 N–H and O–H groups in total. The van der Waals surface area contributed by atoms with E-state index in [4.69, 9.17) is 9.47 Å². The van der Waals surface area contributed by atoms with Crippen molar-refractivity contribution in [3.8, 4) is 23.0 Å². The molecule has 0 saturated heterocycles. The molecule has 0 aliphatic heterocycles.